The lowest BCUT2D eigenvalue weighted by atomic mass is 9.65. The van der Waals surface area contributed by atoms with Crippen LogP contribution in [-0.2, 0) is 17.3 Å². The Bertz CT molecular complexity index is 555. The Morgan fingerprint density at radius 3 is 1.44 bits per heavy atom. The summed E-state index contributed by atoms with van der Waals surface area (Å²) in [5.41, 5.74) is 4.70. The van der Waals surface area contributed by atoms with Gasteiger partial charge in [-0.1, -0.05) is 94.2 Å². The van der Waals surface area contributed by atoms with Crippen LogP contribution in [0, 0.1) is 11.3 Å². The van der Waals surface area contributed by atoms with Gasteiger partial charge in [0.05, 0.1) is 7.11 Å². The van der Waals surface area contributed by atoms with Crippen LogP contribution in [0.5, 0.6) is 5.75 Å². The first-order valence-corrected chi connectivity index (χ1v) is 11.1. The second-order valence-electron chi connectivity index (χ2n) is 10.5. The van der Waals surface area contributed by atoms with Crippen molar-refractivity contribution in [3.63, 3.8) is 0 Å². The zero-order chi connectivity index (χ0) is 21.0. The largest absolute Gasteiger partial charge is 0.496 e. The second-order valence-corrected chi connectivity index (χ2v) is 10.5. The van der Waals surface area contributed by atoms with Crippen LogP contribution >= 0.6 is 0 Å². The molecule has 1 rings (SSSR count). The molecule has 0 atom stereocenters. The van der Waals surface area contributed by atoms with Crippen LogP contribution < -0.4 is 4.74 Å². The van der Waals surface area contributed by atoms with Crippen LogP contribution in [0.3, 0.4) is 0 Å². The molecule has 1 nitrogen and oxygen atoms in total. The van der Waals surface area contributed by atoms with Crippen molar-refractivity contribution in [1.82, 2.24) is 0 Å². The van der Waals surface area contributed by atoms with Crippen molar-refractivity contribution in [2.45, 2.75) is 112 Å². The van der Waals surface area contributed by atoms with Gasteiger partial charge in [-0.2, -0.15) is 0 Å². The van der Waals surface area contributed by atoms with Crippen molar-refractivity contribution in [2.24, 2.45) is 11.3 Å². The van der Waals surface area contributed by atoms with Crippen LogP contribution in [0.15, 0.2) is 12.1 Å². The van der Waals surface area contributed by atoms with E-state index in [-0.39, 0.29) is 10.8 Å². The molecule has 0 aliphatic heterocycles. The summed E-state index contributed by atoms with van der Waals surface area (Å²) in [7, 11) is 1.83. The van der Waals surface area contributed by atoms with Crippen molar-refractivity contribution in [3.05, 3.63) is 28.8 Å². The van der Waals surface area contributed by atoms with Crippen LogP contribution in [0.4, 0.5) is 0 Å². The van der Waals surface area contributed by atoms with E-state index in [0.29, 0.717) is 5.41 Å². The van der Waals surface area contributed by atoms with Gasteiger partial charge >= 0.3 is 0 Å². The molecule has 1 heteroatoms. The van der Waals surface area contributed by atoms with Gasteiger partial charge in [0.25, 0.3) is 0 Å². The zero-order valence-corrected chi connectivity index (χ0v) is 20.2. The summed E-state index contributed by atoms with van der Waals surface area (Å²) in [6, 6.07) is 4.88. The first-order chi connectivity index (χ1) is 12.4. The first-order valence-electron chi connectivity index (χ1n) is 11.1. The Kier molecular flexibility index (Phi) is 8.03. The molecule has 0 aliphatic rings. The molecule has 0 saturated heterocycles. The number of ether oxygens (including phenoxy) is 1. The Balaban J connectivity index is 3.64. The summed E-state index contributed by atoms with van der Waals surface area (Å²) in [6.07, 6.45) is 6.21. The maximum atomic E-state index is 5.96. The molecule has 27 heavy (non-hydrogen) atoms. The lowest BCUT2D eigenvalue weighted by Gasteiger charge is -2.40. The third-order valence-corrected chi connectivity index (χ3v) is 6.78. The van der Waals surface area contributed by atoms with E-state index < -0.39 is 0 Å². The van der Waals surface area contributed by atoms with Gasteiger partial charge in [0.1, 0.15) is 5.75 Å². The summed E-state index contributed by atoms with van der Waals surface area (Å²) in [5, 5.41) is 0. The fraction of sp³-hybridized carbons (Fsp3) is 0.769. The van der Waals surface area contributed by atoms with Crippen LogP contribution in [0.1, 0.15) is 112 Å². The van der Waals surface area contributed by atoms with E-state index in [2.05, 4.69) is 81.4 Å². The summed E-state index contributed by atoms with van der Waals surface area (Å²) < 4.78 is 5.96. The minimum absolute atomic E-state index is 0.0668. The zero-order valence-electron chi connectivity index (χ0n) is 20.2. The van der Waals surface area contributed by atoms with Crippen molar-refractivity contribution < 1.29 is 4.74 Å². The molecule has 0 spiro atoms. The lowest BCUT2D eigenvalue weighted by molar-refractivity contribution is 0.131. The van der Waals surface area contributed by atoms with Gasteiger partial charge in [-0.05, 0) is 47.0 Å². The molecule has 0 N–H and O–H groups in total. The molecule has 0 saturated carbocycles. The van der Waals surface area contributed by atoms with Crippen molar-refractivity contribution in [2.75, 3.05) is 7.11 Å². The van der Waals surface area contributed by atoms with Gasteiger partial charge < -0.3 is 4.74 Å². The van der Waals surface area contributed by atoms with E-state index in [1.54, 1.807) is 0 Å². The Morgan fingerprint density at radius 2 is 1.19 bits per heavy atom. The fourth-order valence-electron chi connectivity index (χ4n) is 4.91. The van der Waals surface area contributed by atoms with Crippen molar-refractivity contribution in [1.29, 1.82) is 0 Å². The lowest BCUT2D eigenvalue weighted by Crippen LogP contribution is -2.32. The first kappa shape index (κ1) is 24.1. The molecule has 0 bridgehead atoms. The van der Waals surface area contributed by atoms with Gasteiger partial charge in [0.15, 0.2) is 0 Å². The quantitative estimate of drug-likeness (QED) is 0.447. The Hall–Kier alpha value is -0.980. The average Bonchev–Trinajstić information content (AvgIpc) is 2.59. The van der Waals surface area contributed by atoms with Crippen molar-refractivity contribution >= 4 is 0 Å². The maximum Gasteiger partial charge on any atom is 0.126 e. The van der Waals surface area contributed by atoms with Gasteiger partial charge in [-0.3, -0.25) is 0 Å². The number of benzene rings is 1. The van der Waals surface area contributed by atoms with Crippen LogP contribution in [-0.4, -0.2) is 7.11 Å². The smallest absolute Gasteiger partial charge is 0.126 e. The van der Waals surface area contributed by atoms with E-state index in [0.717, 1.165) is 11.7 Å². The number of hydrogen-bond acceptors (Lipinski definition) is 1. The van der Waals surface area contributed by atoms with Gasteiger partial charge in [-0.15, -0.1) is 0 Å². The standard InChI is InChI=1S/C26H46O/c1-12-20(13-2)26(14-3,15-4)18-19-16-21(24(5,6)7)23(27-11)22(17-19)25(8,9)10/h16-17,20H,12-15,18H2,1-11H3. The molecule has 0 fully saturated rings. The molecule has 1 aromatic carbocycles. The third-order valence-electron chi connectivity index (χ3n) is 6.78. The SMILES string of the molecule is CCC(CC)C(CC)(CC)Cc1cc(C(C)(C)C)c(OC)c(C(C)(C)C)c1. The summed E-state index contributed by atoms with van der Waals surface area (Å²) in [5.74, 6) is 1.87. The molecule has 0 unspecified atom stereocenters. The predicted molar refractivity (Wildman–Crippen MR) is 121 cm³/mol. The fourth-order valence-corrected chi connectivity index (χ4v) is 4.91. The van der Waals surface area contributed by atoms with E-state index in [1.807, 2.05) is 7.11 Å². The van der Waals surface area contributed by atoms with Gasteiger partial charge in [0.2, 0.25) is 0 Å². The topological polar surface area (TPSA) is 9.23 Å². The summed E-state index contributed by atoms with van der Waals surface area (Å²) in [6.45, 7) is 23.3. The molecule has 1 aromatic rings. The number of hydrogen-bond donors (Lipinski definition) is 0. The van der Waals surface area contributed by atoms with Gasteiger partial charge in [-0.25, -0.2) is 0 Å². The normalized spacial score (nSPS) is 13.3. The monoisotopic (exact) mass is 374 g/mol. The minimum Gasteiger partial charge on any atom is -0.496 e. The highest BCUT2D eigenvalue weighted by Gasteiger charge is 2.35. The minimum atomic E-state index is 0.0668. The number of methoxy groups -OCH3 is 1. The second kappa shape index (κ2) is 9.01. The van der Waals surface area contributed by atoms with E-state index in [4.69, 9.17) is 4.74 Å². The molecule has 0 aliphatic carbocycles. The third kappa shape index (κ3) is 5.30. The van der Waals surface area contributed by atoms with E-state index in [9.17, 15) is 0 Å². The molecular weight excluding hydrogens is 328 g/mol. The van der Waals surface area contributed by atoms with E-state index in [1.165, 1.54) is 48.8 Å². The Morgan fingerprint density at radius 1 is 0.778 bits per heavy atom. The molecular formula is C26H46O. The average molecular weight is 375 g/mol. The van der Waals surface area contributed by atoms with Crippen LogP contribution in [0.2, 0.25) is 0 Å². The highest BCUT2D eigenvalue weighted by molar-refractivity contribution is 5.51. The molecule has 0 heterocycles. The summed E-state index contributed by atoms with van der Waals surface area (Å²) >= 11 is 0. The predicted octanol–water partition coefficient (Wildman–Crippen LogP) is 8.08. The number of rotatable bonds is 8. The maximum absolute atomic E-state index is 5.96. The van der Waals surface area contributed by atoms with Crippen LogP contribution in [0.25, 0.3) is 0 Å². The molecule has 0 radical (unpaired) electrons. The molecule has 156 valence electrons. The van der Waals surface area contributed by atoms with E-state index >= 15 is 0 Å². The van der Waals surface area contributed by atoms with Gasteiger partial charge in [0, 0.05) is 11.1 Å². The summed E-state index contributed by atoms with van der Waals surface area (Å²) in [4.78, 5) is 0. The van der Waals surface area contributed by atoms with Crippen molar-refractivity contribution in [3.8, 4) is 5.75 Å². The highest BCUT2D eigenvalue weighted by atomic mass is 16.5. The molecule has 0 amide bonds. The highest BCUT2D eigenvalue weighted by Crippen LogP contribution is 2.45. The molecule has 0 aromatic heterocycles. The Labute approximate surface area is 170 Å².